The van der Waals surface area contributed by atoms with Crippen molar-refractivity contribution < 1.29 is 4.74 Å². The molecule has 2 rings (SSSR count). The molecule has 3 heteroatoms. The van der Waals surface area contributed by atoms with Crippen LogP contribution in [0.1, 0.15) is 25.0 Å². The molecule has 0 amide bonds. The third kappa shape index (κ3) is 4.68. The van der Waals surface area contributed by atoms with Gasteiger partial charge in [0.1, 0.15) is 5.75 Å². The van der Waals surface area contributed by atoms with Crippen molar-refractivity contribution in [1.29, 1.82) is 0 Å². The van der Waals surface area contributed by atoms with Crippen molar-refractivity contribution in [1.82, 2.24) is 0 Å². The summed E-state index contributed by atoms with van der Waals surface area (Å²) in [4.78, 5) is 0. The van der Waals surface area contributed by atoms with Crippen LogP contribution in [0.3, 0.4) is 0 Å². The molecule has 0 saturated heterocycles. The topological polar surface area (TPSA) is 21.3 Å². The van der Waals surface area contributed by atoms with Gasteiger partial charge in [-0.25, -0.2) is 0 Å². The lowest BCUT2D eigenvalue weighted by Crippen LogP contribution is -2.05. The highest BCUT2D eigenvalue weighted by molar-refractivity contribution is 6.31. The van der Waals surface area contributed by atoms with Gasteiger partial charge in [0, 0.05) is 17.3 Å². The first-order chi connectivity index (χ1) is 10.1. The fourth-order valence-electron chi connectivity index (χ4n) is 1.96. The Labute approximate surface area is 132 Å². The van der Waals surface area contributed by atoms with Crippen LogP contribution in [0, 0.1) is 12.8 Å². The van der Waals surface area contributed by atoms with E-state index in [-0.39, 0.29) is 0 Å². The van der Waals surface area contributed by atoms with Gasteiger partial charge in [0.25, 0.3) is 0 Å². The summed E-state index contributed by atoms with van der Waals surface area (Å²) in [7, 11) is 0. The van der Waals surface area contributed by atoms with Crippen molar-refractivity contribution in [2.24, 2.45) is 5.92 Å². The molecular formula is C18H22ClNO. The molecule has 2 nitrogen and oxygen atoms in total. The zero-order chi connectivity index (χ0) is 15.2. The molecule has 0 bridgehead atoms. The summed E-state index contributed by atoms with van der Waals surface area (Å²) in [5.74, 6) is 1.46. The van der Waals surface area contributed by atoms with E-state index in [1.807, 2.05) is 37.3 Å². The van der Waals surface area contributed by atoms with Crippen LogP contribution in [0.2, 0.25) is 5.02 Å². The second kappa shape index (κ2) is 7.37. The van der Waals surface area contributed by atoms with Crippen LogP contribution in [-0.4, -0.2) is 6.61 Å². The number of nitrogens with one attached hydrogen (secondary N) is 1. The van der Waals surface area contributed by atoms with Crippen molar-refractivity contribution in [3.05, 3.63) is 58.6 Å². The molecule has 2 aromatic rings. The van der Waals surface area contributed by atoms with Crippen molar-refractivity contribution >= 4 is 17.3 Å². The summed E-state index contributed by atoms with van der Waals surface area (Å²) in [6.07, 6.45) is 0. The smallest absolute Gasteiger partial charge is 0.119 e. The standard InChI is InChI=1S/C18H22ClNO/c1-13(2)12-21-16-9-7-15(8-10-16)11-20-18-6-4-5-17(19)14(18)3/h4-10,13,20H,11-12H2,1-3H3. The van der Waals surface area contributed by atoms with Gasteiger partial charge in [0.05, 0.1) is 6.61 Å². The van der Waals surface area contributed by atoms with Crippen LogP contribution < -0.4 is 10.1 Å². The van der Waals surface area contributed by atoms with E-state index < -0.39 is 0 Å². The fraction of sp³-hybridized carbons (Fsp3) is 0.333. The average Bonchev–Trinajstić information content (AvgIpc) is 2.48. The summed E-state index contributed by atoms with van der Waals surface area (Å²) >= 11 is 6.12. The van der Waals surface area contributed by atoms with E-state index in [1.165, 1.54) is 5.56 Å². The number of hydrogen-bond acceptors (Lipinski definition) is 2. The summed E-state index contributed by atoms with van der Waals surface area (Å²) in [6, 6.07) is 14.1. The maximum atomic E-state index is 6.12. The highest BCUT2D eigenvalue weighted by atomic mass is 35.5. The lowest BCUT2D eigenvalue weighted by atomic mass is 10.1. The van der Waals surface area contributed by atoms with Gasteiger partial charge >= 0.3 is 0 Å². The SMILES string of the molecule is Cc1c(Cl)cccc1NCc1ccc(OCC(C)C)cc1. The monoisotopic (exact) mass is 303 g/mol. The Bertz CT molecular complexity index is 578. The molecule has 0 saturated carbocycles. The predicted octanol–water partition coefficient (Wildman–Crippen LogP) is 5.30. The minimum atomic E-state index is 0.539. The van der Waals surface area contributed by atoms with Gasteiger partial charge in [0.2, 0.25) is 0 Å². The zero-order valence-electron chi connectivity index (χ0n) is 12.8. The van der Waals surface area contributed by atoms with E-state index in [2.05, 4.69) is 31.3 Å². The van der Waals surface area contributed by atoms with E-state index in [0.29, 0.717) is 5.92 Å². The summed E-state index contributed by atoms with van der Waals surface area (Å²) in [6.45, 7) is 7.83. The molecular weight excluding hydrogens is 282 g/mol. The van der Waals surface area contributed by atoms with Crippen LogP contribution in [0.4, 0.5) is 5.69 Å². The van der Waals surface area contributed by atoms with Gasteiger partial charge < -0.3 is 10.1 Å². The Hall–Kier alpha value is -1.67. The molecule has 0 aliphatic rings. The highest BCUT2D eigenvalue weighted by Gasteiger charge is 2.02. The molecule has 0 unspecified atom stereocenters. The maximum Gasteiger partial charge on any atom is 0.119 e. The lowest BCUT2D eigenvalue weighted by molar-refractivity contribution is 0.271. The van der Waals surface area contributed by atoms with Crippen LogP contribution in [0.15, 0.2) is 42.5 Å². The molecule has 0 aliphatic heterocycles. The molecule has 0 radical (unpaired) electrons. The predicted molar refractivity (Wildman–Crippen MR) is 90.3 cm³/mol. The summed E-state index contributed by atoms with van der Waals surface area (Å²) in [5.41, 5.74) is 3.37. The van der Waals surface area contributed by atoms with Crippen LogP contribution in [-0.2, 0) is 6.54 Å². The quantitative estimate of drug-likeness (QED) is 0.782. The Morgan fingerprint density at radius 1 is 1.10 bits per heavy atom. The number of hydrogen-bond donors (Lipinski definition) is 1. The van der Waals surface area contributed by atoms with E-state index in [9.17, 15) is 0 Å². The first-order valence-corrected chi connectivity index (χ1v) is 7.65. The second-order valence-corrected chi connectivity index (χ2v) is 6.02. The Balaban J connectivity index is 1.93. The molecule has 0 spiro atoms. The lowest BCUT2D eigenvalue weighted by Gasteiger charge is -2.12. The first-order valence-electron chi connectivity index (χ1n) is 7.27. The van der Waals surface area contributed by atoms with Crippen molar-refractivity contribution in [3.8, 4) is 5.75 Å². The van der Waals surface area contributed by atoms with Crippen molar-refractivity contribution in [2.45, 2.75) is 27.3 Å². The van der Waals surface area contributed by atoms with Gasteiger partial charge in [-0.3, -0.25) is 0 Å². The number of rotatable bonds is 6. The molecule has 112 valence electrons. The van der Waals surface area contributed by atoms with E-state index in [1.54, 1.807) is 0 Å². The van der Waals surface area contributed by atoms with E-state index in [0.717, 1.165) is 35.2 Å². The Morgan fingerprint density at radius 2 is 1.81 bits per heavy atom. The number of ether oxygens (including phenoxy) is 1. The third-order valence-corrected chi connectivity index (χ3v) is 3.67. The first kappa shape index (κ1) is 15.7. The molecule has 1 N–H and O–H groups in total. The number of halogens is 1. The number of anilines is 1. The minimum absolute atomic E-state index is 0.539. The van der Waals surface area contributed by atoms with Gasteiger partial charge in [-0.05, 0) is 48.2 Å². The summed E-state index contributed by atoms with van der Waals surface area (Å²) < 4.78 is 5.68. The third-order valence-electron chi connectivity index (χ3n) is 3.26. The van der Waals surface area contributed by atoms with E-state index in [4.69, 9.17) is 16.3 Å². The average molecular weight is 304 g/mol. The summed E-state index contributed by atoms with van der Waals surface area (Å²) in [5, 5.41) is 4.20. The fourth-order valence-corrected chi connectivity index (χ4v) is 2.14. The molecule has 0 aromatic heterocycles. The highest BCUT2D eigenvalue weighted by Crippen LogP contribution is 2.23. The molecule has 2 aromatic carbocycles. The van der Waals surface area contributed by atoms with Gasteiger partial charge in [-0.15, -0.1) is 0 Å². The van der Waals surface area contributed by atoms with Gasteiger partial charge in [-0.1, -0.05) is 43.6 Å². The van der Waals surface area contributed by atoms with Crippen molar-refractivity contribution in [3.63, 3.8) is 0 Å². The van der Waals surface area contributed by atoms with Crippen LogP contribution in [0.5, 0.6) is 5.75 Å². The largest absolute Gasteiger partial charge is 0.493 e. The van der Waals surface area contributed by atoms with Gasteiger partial charge in [0.15, 0.2) is 0 Å². The molecule has 0 heterocycles. The van der Waals surface area contributed by atoms with Crippen LogP contribution in [0.25, 0.3) is 0 Å². The zero-order valence-corrected chi connectivity index (χ0v) is 13.6. The molecule has 0 fully saturated rings. The molecule has 21 heavy (non-hydrogen) atoms. The molecule has 0 aliphatic carbocycles. The maximum absolute atomic E-state index is 6.12. The Kier molecular flexibility index (Phi) is 5.51. The number of benzene rings is 2. The Morgan fingerprint density at radius 3 is 2.48 bits per heavy atom. The van der Waals surface area contributed by atoms with Crippen molar-refractivity contribution in [2.75, 3.05) is 11.9 Å². The van der Waals surface area contributed by atoms with Crippen LogP contribution >= 0.6 is 11.6 Å². The second-order valence-electron chi connectivity index (χ2n) is 5.61. The normalized spacial score (nSPS) is 10.7. The minimum Gasteiger partial charge on any atom is -0.493 e. The molecule has 0 atom stereocenters. The van der Waals surface area contributed by atoms with Gasteiger partial charge in [-0.2, -0.15) is 0 Å². The van der Waals surface area contributed by atoms with E-state index >= 15 is 0 Å².